The zero-order valence-electron chi connectivity index (χ0n) is 19.4. The lowest BCUT2D eigenvalue weighted by atomic mass is 9.86. The highest BCUT2D eigenvalue weighted by atomic mass is 16.5. The molecule has 176 valence electrons. The number of carbonyl (C=O) groups is 2. The van der Waals surface area contributed by atoms with E-state index in [0.29, 0.717) is 46.6 Å². The van der Waals surface area contributed by atoms with Gasteiger partial charge in [0, 0.05) is 29.9 Å². The summed E-state index contributed by atoms with van der Waals surface area (Å²) in [6, 6.07) is 19.2. The minimum absolute atomic E-state index is 0.0608. The quantitative estimate of drug-likeness (QED) is 0.339. The van der Waals surface area contributed by atoms with E-state index in [4.69, 9.17) is 9.26 Å². The second kappa shape index (κ2) is 8.58. The first kappa shape index (κ1) is 21.4. The Morgan fingerprint density at radius 2 is 1.91 bits per heavy atom. The Balaban J connectivity index is 1.53. The van der Waals surface area contributed by atoms with Gasteiger partial charge in [-0.2, -0.15) is 0 Å². The number of fused-ring (bicyclic) bond motifs is 2. The number of nitrogens with zero attached hydrogens (tertiary/aromatic N) is 2. The molecule has 7 heteroatoms. The fourth-order valence-electron chi connectivity index (χ4n) is 5.21. The van der Waals surface area contributed by atoms with Crippen LogP contribution in [0.15, 0.2) is 65.2 Å². The molecule has 1 aliphatic carbocycles. The van der Waals surface area contributed by atoms with Gasteiger partial charge in [0.1, 0.15) is 5.52 Å². The van der Waals surface area contributed by atoms with Gasteiger partial charge in [-0.05, 0) is 38.0 Å². The summed E-state index contributed by atoms with van der Waals surface area (Å²) >= 11 is 0. The highest BCUT2D eigenvalue weighted by molar-refractivity contribution is 6.28. The Morgan fingerprint density at radius 1 is 1.14 bits per heavy atom. The summed E-state index contributed by atoms with van der Waals surface area (Å²) in [6.45, 7) is 3.51. The first-order valence-corrected chi connectivity index (χ1v) is 12.0. The summed E-state index contributed by atoms with van der Waals surface area (Å²) in [5, 5.41) is 8.60. The van der Waals surface area contributed by atoms with E-state index in [0.717, 1.165) is 36.3 Å². The molecule has 1 N–H and O–H groups in total. The molecule has 1 aromatic heterocycles. The van der Waals surface area contributed by atoms with Crippen LogP contribution in [0.1, 0.15) is 35.7 Å². The van der Waals surface area contributed by atoms with E-state index in [1.54, 1.807) is 0 Å². The molecule has 0 bridgehead atoms. The number of ether oxygens (including phenoxy) is 1. The predicted molar refractivity (Wildman–Crippen MR) is 134 cm³/mol. The molecular formula is C28H25N3O4. The molecule has 0 saturated carbocycles. The van der Waals surface area contributed by atoms with Crippen LogP contribution in [0.2, 0.25) is 0 Å². The first-order valence-electron chi connectivity index (χ1n) is 12.0. The van der Waals surface area contributed by atoms with Crippen LogP contribution in [0.5, 0.6) is 0 Å². The molecule has 0 amide bonds. The van der Waals surface area contributed by atoms with Gasteiger partial charge in [-0.3, -0.25) is 9.59 Å². The number of aromatic nitrogens is 1. The Labute approximate surface area is 202 Å². The largest absolute Gasteiger partial charge is 0.466 e. The third-order valence-corrected chi connectivity index (χ3v) is 6.81. The summed E-state index contributed by atoms with van der Waals surface area (Å²) < 4.78 is 11.2. The van der Waals surface area contributed by atoms with Crippen LogP contribution in [-0.2, 0) is 9.53 Å². The monoisotopic (exact) mass is 467 g/mol. The van der Waals surface area contributed by atoms with Crippen molar-refractivity contribution in [3.05, 3.63) is 71.8 Å². The number of anilines is 3. The van der Waals surface area contributed by atoms with Crippen LogP contribution in [0.25, 0.3) is 22.2 Å². The first-order chi connectivity index (χ1) is 17.2. The number of ketones is 1. The zero-order valence-corrected chi connectivity index (χ0v) is 19.4. The molecule has 1 atom stereocenters. The number of hydrogen-bond acceptors (Lipinski definition) is 7. The Morgan fingerprint density at radius 3 is 2.71 bits per heavy atom. The van der Waals surface area contributed by atoms with Crippen LogP contribution in [0.3, 0.4) is 0 Å². The van der Waals surface area contributed by atoms with Crippen LogP contribution < -0.4 is 10.2 Å². The van der Waals surface area contributed by atoms with E-state index in [-0.39, 0.29) is 17.7 Å². The normalized spacial score (nSPS) is 16.8. The van der Waals surface area contributed by atoms with Crippen molar-refractivity contribution in [1.82, 2.24) is 5.16 Å². The zero-order chi connectivity index (χ0) is 23.9. The van der Waals surface area contributed by atoms with Crippen LogP contribution >= 0.6 is 0 Å². The van der Waals surface area contributed by atoms with E-state index in [1.807, 2.05) is 67.6 Å². The standard InChI is InChI=1S/C28H25N3O4/c1-2-34-28(33)17-9-8-14-31(16-17)22-15-21(29-18-10-4-3-5-11-18)23-24-25(22)30-35-27(24)20-13-7-6-12-19(20)26(23)32/h3-7,10-13,15,17,29H,2,8-9,14,16H2,1H3/t17-/m1/s1. The van der Waals surface area contributed by atoms with Gasteiger partial charge >= 0.3 is 5.97 Å². The van der Waals surface area contributed by atoms with E-state index in [1.165, 1.54) is 0 Å². The average molecular weight is 468 g/mol. The van der Waals surface area contributed by atoms with Crippen molar-refractivity contribution in [3.63, 3.8) is 0 Å². The number of para-hydroxylation sites is 1. The molecule has 6 rings (SSSR count). The number of carbonyl (C=O) groups excluding carboxylic acids is 2. The van der Waals surface area contributed by atoms with Gasteiger partial charge in [0.05, 0.1) is 34.8 Å². The van der Waals surface area contributed by atoms with Gasteiger partial charge in [-0.15, -0.1) is 0 Å². The molecule has 4 aromatic rings. The number of rotatable bonds is 5. The maximum absolute atomic E-state index is 13.7. The third-order valence-electron chi connectivity index (χ3n) is 6.81. The molecule has 1 saturated heterocycles. The summed E-state index contributed by atoms with van der Waals surface area (Å²) in [5.41, 5.74) is 4.96. The minimum Gasteiger partial charge on any atom is -0.466 e. The lowest BCUT2D eigenvalue weighted by molar-refractivity contribution is -0.148. The smallest absolute Gasteiger partial charge is 0.310 e. The van der Waals surface area contributed by atoms with Crippen molar-refractivity contribution in [1.29, 1.82) is 0 Å². The minimum atomic E-state index is -0.203. The Hall–Kier alpha value is -4.13. The predicted octanol–water partition coefficient (Wildman–Crippen LogP) is 5.56. The lowest BCUT2D eigenvalue weighted by Gasteiger charge is -2.34. The van der Waals surface area contributed by atoms with Crippen LogP contribution in [0.4, 0.5) is 17.1 Å². The topological polar surface area (TPSA) is 84.7 Å². The van der Waals surface area contributed by atoms with Gasteiger partial charge in [0.15, 0.2) is 11.5 Å². The molecule has 0 radical (unpaired) electrons. The van der Waals surface area contributed by atoms with Gasteiger partial charge in [0.2, 0.25) is 0 Å². The van der Waals surface area contributed by atoms with Crippen molar-refractivity contribution < 1.29 is 18.8 Å². The third kappa shape index (κ3) is 3.55. The SMILES string of the molecule is CCOC(=O)[C@@H]1CCCN(c2cc(Nc3ccccc3)c3c4c(onc24)-c2ccccc2C3=O)C1. The van der Waals surface area contributed by atoms with E-state index < -0.39 is 0 Å². The summed E-state index contributed by atoms with van der Waals surface area (Å²) in [6.07, 6.45) is 1.66. The summed E-state index contributed by atoms with van der Waals surface area (Å²) in [7, 11) is 0. The van der Waals surface area contributed by atoms with E-state index >= 15 is 0 Å². The number of piperidine rings is 1. The number of benzene rings is 3. The van der Waals surface area contributed by atoms with E-state index in [2.05, 4.69) is 15.4 Å². The fourth-order valence-corrected chi connectivity index (χ4v) is 5.21. The number of esters is 1. The maximum atomic E-state index is 13.7. The van der Waals surface area contributed by atoms with Gasteiger partial charge in [-0.1, -0.05) is 47.6 Å². The van der Waals surface area contributed by atoms with Crippen molar-refractivity contribution in [2.45, 2.75) is 19.8 Å². The molecule has 2 heterocycles. The lowest BCUT2D eigenvalue weighted by Crippen LogP contribution is -2.39. The Kier molecular flexibility index (Phi) is 5.25. The molecule has 3 aromatic carbocycles. The summed E-state index contributed by atoms with van der Waals surface area (Å²) in [4.78, 5) is 28.4. The molecule has 7 nitrogen and oxygen atoms in total. The average Bonchev–Trinajstić information content (AvgIpc) is 3.34. The van der Waals surface area contributed by atoms with E-state index in [9.17, 15) is 9.59 Å². The second-order valence-corrected chi connectivity index (χ2v) is 8.96. The molecule has 35 heavy (non-hydrogen) atoms. The van der Waals surface area contributed by atoms with Crippen LogP contribution in [0, 0.1) is 5.92 Å². The van der Waals surface area contributed by atoms with Crippen LogP contribution in [-0.4, -0.2) is 36.6 Å². The molecule has 1 fully saturated rings. The fraction of sp³-hybridized carbons (Fsp3) is 0.250. The highest BCUT2D eigenvalue weighted by Crippen LogP contribution is 2.46. The van der Waals surface area contributed by atoms with Crippen molar-refractivity contribution in [2.24, 2.45) is 5.92 Å². The second-order valence-electron chi connectivity index (χ2n) is 8.96. The molecule has 0 unspecified atom stereocenters. The molecule has 2 aliphatic rings. The van der Waals surface area contributed by atoms with Crippen molar-refractivity contribution >= 4 is 39.7 Å². The molecule has 0 spiro atoms. The van der Waals surface area contributed by atoms with Gasteiger partial charge in [0.25, 0.3) is 0 Å². The highest BCUT2D eigenvalue weighted by Gasteiger charge is 2.35. The van der Waals surface area contributed by atoms with Crippen molar-refractivity contribution in [3.8, 4) is 11.3 Å². The number of nitrogens with one attached hydrogen (secondary N) is 1. The maximum Gasteiger partial charge on any atom is 0.310 e. The van der Waals surface area contributed by atoms with Gasteiger partial charge < -0.3 is 19.5 Å². The van der Waals surface area contributed by atoms with Crippen molar-refractivity contribution in [2.75, 3.05) is 29.9 Å². The molecule has 1 aliphatic heterocycles. The number of hydrogen-bond donors (Lipinski definition) is 1. The summed E-state index contributed by atoms with van der Waals surface area (Å²) in [5.74, 6) is 0.167. The molecular weight excluding hydrogens is 442 g/mol. The Bertz CT molecular complexity index is 1440. The van der Waals surface area contributed by atoms with Gasteiger partial charge in [-0.25, -0.2) is 0 Å².